The third-order valence-corrected chi connectivity index (χ3v) is 4.24. The van der Waals surface area contributed by atoms with Crippen LogP contribution in [0.2, 0.25) is 5.02 Å². The summed E-state index contributed by atoms with van der Waals surface area (Å²) in [5, 5.41) is 3.91. The first-order chi connectivity index (χ1) is 13.5. The Kier molecular flexibility index (Phi) is 6.45. The van der Waals surface area contributed by atoms with Crippen molar-refractivity contribution in [2.24, 2.45) is 0 Å². The minimum atomic E-state index is -0.518. The molecule has 1 aromatic heterocycles. The van der Waals surface area contributed by atoms with E-state index in [-0.39, 0.29) is 12.3 Å². The van der Waals surface area contributed by atoms with E-state index >= 15 is 0 Å². The highest BCUT2D eigenvalue weighted by Crippen LogP contribution is 2.35. The summed E-state index contributed by atoms with van der Waals surface area (Å²) < 4.78 is 35.5. The van der Waals surface area contributed by atoms with Crippen molar-refractivity contribution >= 4 is 34.0 Å². The van der Waals surface area contributed by atoms with E-state index in [1.807, 2.05) is 0 Å². The fraction of sp³-hybridized carbons (Fsp3) is 0.263. The zero-order valence-corrected chi connectivity index (χ0v) is 16.3. The third-order valence-electron chi connectivity index (χ3n) is 4.01. The highest BCUT2D eigenvalue weighted by Gasteiger charge is 2.15. The molecule has 0 radical (unpaired) electrons. The number of halogens is 2. The van der Waals surface area contributed by atoms with E-state index in [9.17, 15) is 4.39 Å². The number of fused-ring (bicyclic) bond motifs is 1. The summed E-state index contributed by atoms with van der Waals surface area (Å²) in [6, 6.07) is 7.78. The fourth-order valence-corrected chi connectivity index (χ4v) is 2.70. The molecule has 0 aliphatic rings. The van der Waals surface area contributed by atoms with Gasteiger partial charge in [-0.2, -0.15) is 0 Å². The third kappa shape index (κ3) is 4.41. The summed E-state index contributed by atoms with van der Waals surface area (Å²) in [5.41, 5.74) is 0.834. The second kappa shape index (κ2) is 9.01. The van der Waals surface area contributed by atoms with E-state index in [2.05, 4.69) is 15.3 Å². The Morgan fingerprint density at radius 1 is 1.07 bits per heavy atom. The van der Waals surface area contributed by atoms with E-state index in [1.165, 1.54) is 39.8 Å². The first-order valence-electron chi connectivity index (χ1n) is 8.29. The number of anilines is 2. The van der Waals surface area contributed by atoms with Gasteiger partial charge >= 0.3 is 0 Å². The highest BCUT2D eigenvalue weighted by atomic mass is 35.5. The van der Waals surface area contributed by atoms with Crippen molar-refractivity contribution < 1.29 is 23.3 Å². The number of hydrogen-bond acceptors (Lipinski definition) is 7. The van der Waals surface area contributed by atoms with Gasteiger partial charge in [0.15, 0.2) is 17.8 Å². The van der Waals surface area contributed by atoms with Crippen LogP contribution in [0.5, 0.6) is 11.5 Å². The van der Waals surface area contributed by atoms with Crippen molar-refractivity contribution in [2.45, 2.75) is 6.29 Å². The van der Waals surface area contributed by atoms with Crippen LogP contribution < -0.4 is 14.8 Å². The molecule has 0 fully saturated rings. The highest BCUT2D eigenvalue weighted by molar-refractivity contribution is 6.30. The van der Waals surface area contributed by atoms with Crippen LogP contribution in [0.4, 0.5) is 15.9 Å². The summed E-state index contributed by atoms with van der Waals surface area (Å²) >= 11 is 5.80. The molecule has 0 saturated carbocycles. The van der Waals surface area contributed by atoms with Crippen LogP contribution in [0, 0.1) is 5.82 Å². The Bertz CT molecular complexity index is 969. The van der Waals surface area contributed by atoms with E-state index in [0.29, 0.717) is 33.2 Å². The van der Waals surface area contributed by atoms with Crippen molar-refractivity contribution in [1.82, 2.24) is 9.97 Å². The van der Waals surface area contributed by atoms with Gasteiger partial charge in [0, 0.05) is 30.7 Å². The van der Waals surface area contributed by atoms with Crippen molar-refractivity contribution in [3.8, 4) is 11.5 Å². The SMILES string of the molecule is COc1cc2c(Nc3ccc(Cl)cc3F)ncnc2cc1OCC(OC)OC. The van der Waals surface area contributed by atoms with Gasteiger partial charge in [-0.05, 0) is 24.3 Å². The quantitative estimate of drug-likeness (QED) is 0.561. The summed E-state index contributed by atoms with van der Waals surface area (Å²) in [6.07, 6.45) is 0.859. The van der Waals surface area contributed by atoms with Crippen molar-refractivity contribution in [2.75, 3.05) is 33.3 Å². The largest absolute Gasteiger partial charge is 0.493 e. The molecule has 3 rings (SSSR count). The number of hydrogen-bond donors (Lipinski definition) is 1. The summed E-state index contributed by atoms with van der Waals surface area (Å²) in [5.74, 6) is 0.864. The number of benzene rings is 2. The Morgan fingerprint density at radius 3 is 2.54 bits per heavy atom. The van der Waals surface area contributed by atoms with Crippen LogP contribution in [0.15, 0.2) is 36.7 Å². The van der Waals surface area contributed by atoms with Crippen LogP contribution in [0.1, 0.15) is 0 Å². The minimum absolute atomic E-state index is 0.168. The Hall–Kier alpha value is -2.68. The molecule has 2 aromatic carbocycles. The Morgan fingerprint density at radius 2 is 1.86 bits per heavy atom. The molecule has 1 heterocycles. The monoisotopic (exact) mass is 407 g/mol. The van der Waals surface area contributed by atoms with Crippen LogP contribution in [-0.2, 0) is 9.47 Å². The van der Waals surface area contributed by atoms with Gasteiger partial charge in [-0.15, -0.1) is 0 Å². The molecular weight excluding hydrogens is 389 g/mol. The van der Waals surface area contributed by atoms with Gasteiger partial charge in [-0.25, -0.2) is 14.4 Å². The molecular formula is C19H19ClFN3O4. The number of aromatic nitrogens is 2. The lowest BCUT2D eigenvalue weighted by atomic mass is 10.2. The lowest BCUT2D eigenvalue weighted by molar-refractivity contribution is -0.122. The molecule has 0 bridgehead atoms. The van der Waals surface area contributed by atoms with Crippen LogP contribution in [0.3, 0.4) is 0 Å². The van der Waals surface area contributed by atoms with Gasteiger partial charge in [0.25, 0.3) is 0 Å². The molecule has 9 heteroatoms. The van der Waals surface area contributed by atoms with E-state index < -0.39 is 12.1 Å². The van der Waals surface area contributed by atoms with Gasteiger partial charge < -0.3 is 24.3 Å². The maximum atomic E-state index is 14.1. The number of methoxy groups -OCH3 is 3. The predicted octanol–water partition coefficient (Wildman–Crippen LogP) is 4.17. The van der Waals surface area contributed by atoms with Crippen molar-refractivity contribution in [3.63, 3.8) is 0 Å². The molecule has 148 valence electrons. The number of nitrogens with one attached hydrogen (secondary N) is 1. The molecule has 1 N–H and O–H groups in total. The molecule has 7 nitrogen and oxygen atoms in total. The molecule has 3 aromatic rings. The summed E-state index contributed by atoms with van der Waals surface area (Å²) in [6.45, 7) is 0.168. The predicted molar refractivity (Wildman–Crippen MR) is 104 cm³/mol. The molecule has 0 spiro atoms. The molecule has 28 heavy (non-hydrogen) atoms. The van der Waals surface area contributed by atoms with E-state index in [0.717, 1.165) is 0 Å². The zero-order chi connectivity index (χ0) is 20.1. The first-order valence-corrected chi connectivity index (χ1v) is 8.66. The average Bonchev–Trinajstić information content (AvgIpc) is 2.70. The number of rotatable bonds is 8. The van der Waals surface area contributed by atoms with E-state index in [4.69, 9.17) is 30.5 Å². The average molecular weight is 408 g/mol. The van der Waals surface area contributed by atoms with Gasteiger partial charge in [-0.3, -0.25) is 0 Å². The maximum absolute atomic E-state index is 14.1. The smallest absolute Gasteiger partial charge is 0.191 e. The van der Waals surface area contributed by atoms with Crippen molar-refractivity contribution in [3.05, 3.63) is 47.5 Å². The topological polar surface area (TPSA) is 74.7 Å². The molecule has 0 atom stereocenters. The number of ether oxygens (including phenoxy) is 4. The Labute approximate surface area is 166 Å². The fourth-order valence-electron chi connectivity index (χ4n) is 2.54. The van der Waals surface area contributed by atoms with Crippen LogP contribution in [0.25, 0.3) is 10.9 Å². The molecule has 0 amide bonds. The summed E-state index contributed by atoms with van der Waals surface area (Å²) in [4.78, 5) is 8.47. The first kappa shape index (κ1) is 20.1. The normalized spacial score (nSPS) is 11.1. The Balaban J connectivity index is 1.95. The number of nitrogens with zero attached hydrogens (tertiary/aromatic N) is 2. The molecule has 0 aliphatic heterocycles. The zero-order valence-electron chi connectivity index (χ0n) is 15.5. The second-order valence-electron chi connectivity index (χ2n) is 5.70. The second-order valence-corrected chi connectivity index (χ2v) is 6.14. The molecule has 0 aliphatic carbocycles. The van der Waals surface area contributed by atoms with Gasteiger partial charge in [0.05, 0.1) is 18.3 Å². The van der Waals surface area contributed by atoms with Gasteiger partial charge in [0.2, 0.25) is 0 Å². The van der Waals surface area contributed by atoms with Crippen molar-refractivity contribution in [1.29, 1.82) is 0 Å². The lowest BCUT2D eigenvalue weighted by Gasteiger charge is -2.17. The standard InChI is InChI=1S/C19H19ClFN3O4/c1-25-16-7-12-15(8-17(16)28-9-18(26-2)27-3)22-10-23-19(12)24-14-5-4-11(20)6-13(14)21/h4-8,10,18H,9H2,1-3H3,(H,22,23,24). The van der Waals surface area contributed by atoms with Gasteiger partial charge in [-0.1, -0.05) is 11.6 Å². The lowest BCUT2D eigenvalue weighted by Crippen LogP contribution is -2.22. The minimum Gasteiger partial charge on any atom is -0.493 e. The summed E-state index contributed by atoms with van der Waals surface area (Å²) in [7, 11) is 4.57. The van der Waals surface area contributed by atoms with Crippen LogP contribution in [-0.4, -0.2) is 44.2 Å². The van der Waals surface area contributed by atoms with Crippen LogP contribution >= 0.6 is 11.6 Å². The maximum Gasteiger partial charge on any atom is 0.191 e. The van der Waals surface area contributed by atoms with Gasteiger partial charge in [0.1, 0.15) is 24.6 Å². The van der Waals surface area contributed by atoms with E-state index in [1.54, 1.807) is 18.2 Å². The molecule has 0 unspecified atom stereocenters. The molecule has 0 saturated heterocycles.